The Hall–Kier alpha value is -1.24. The fraction of sp³-hybridized carbons (Fsp3) is 0.846. The zero-order valence-corrected chi connectivity index (χ0v) is 29.5. The Morgan fingerprint density at radius 3 is 1.36 bits per heavy atom. The first kappa shape index (κ1) is 37.2. The summed E-state index contributed by atoms with van der Waals surface area (Å²) < 4.78 is 14.7. The summed E-state index contributed by atoms with van der Waals surface area (Å²) >= 11 is 0. The molecule has 4 N–H and O–H groups in total. The minimum atomic E-state index is 0. The predicted molar refractivity (Wildman–Crippen MR) is 72.3 cm³/mol. The van der Waals surface area contributed by atoms with Crippen molar-refractivity contribution in [1.29, 1.82) is 0 Å². The van der Waals surface area contributed by atoms with Crippen molar-refractivity contribution >= 4 is 0 Å². The van der Waals surface area contributed by atoms with Gasteiger partial charge in [0.15, 0.2) is 0 Å². The Bertz CT molecular complexity index is 199. The first-order valence-electron chi connectivity index (χ1n) is 5.88. The number of ether oxygens (including phenoxy) is 3. The number of hydrogen-bond acceptors (Lipinski definition) is 5. The standard InChI is InChI=1S/C6H11O2.C6H12O.CH3O.Na.2H2O.2Rf/c1-6(3-7-2)4-8-5-6;1-3-6(2)4-7-5-6;1-2;;;;;/h2-5H2,1H3;3-5H2,1-2H3;2H,1H2;;2*1H2;;/q-1;;-1;+1;;;;/p-1. The van der Waals surface area contributed by atoms with Crippen LogP contribution in [0.5, 0.6) is 0 Å². The molecule has 2 rings (SSSR count). The van der Waals surface area contributed by atoms with Crippen LogP contribution in [-0.2, 0) is 14.2 Å². The molecule has 0 saturated carbocycles. The van der Waals surface area contributed by atoms with Gasteiger partial charge in [-0.15, -0.1) is 0 Å². The van der Waals surface area contributed by atoms with Crippen molar-refractivity contribution in [3.8, 4) is 0 Å². The summed E-state index contributed by atoms with van der Waals surface area (Å²) in [6.07, 6.45) is 1.26. The summed E-state index contributed by atoms with van der Waals surface area (Å²) in [6.45, 7) is 10.9. The molecular weight excluding hydrogens is 809 g/mol. The van der Waals surface area contributed by atoms with Crippen molar-refractivity contribution < 1.29 is 59.8 Å². The topological polar surface area (TPSA) is 109 Å². The van der Waals surface area contributed by atoms with Gasteiger partial charge in [0.05, 0.1) is 26.4 Å². The normalized spacial score (nSPS) is 17.7. The summed E-state index contributed by atoms with van der Waals surface area (Å²) in [5, 5.41) is 6.75. The molecule has 0 aromatic heterocycles. The molecule has 2 fully saturated rings. The van der Waals surface area contributed by atoms with Crippen molar-refractivity contribution in [2.24, 2.45) is 10.8 Å². The molecule has 0 unspecified atom stereocenters. The number of rotatable bonds is 3. The van der Waals surface area contributed by atoms with Crippen LogP contribution in [0.2, 0.25) is 0 Å². The molecule has 0 bridgehead atoms. The SMILES string of the molecule is CCC1(C)COC1.O.[CH2-]O.[CH2-]OCC1(C)COC1.[Na+].[OH-].[Rf].[Rf]. The van der Waals surface area contributed by atoms with Crippen molar-refractivity contribution in [2.45, 2.75) is 27.2 Å². The average Bonchev–Trinajstić information content (AvgIpc) is 2.28. The number of aliphatic hydroxyl groups excluding tert-OH is 1. The second kappa shape index (κ2) is 17.8. The van der Waals surface area contributed by atoms with Crippen LogP contribution in [0.4, 0.5) is 0 Å². The zero-order valence-electron chi connectivity index (χ0n) is 14.7. The van der Waals surface area contributed by atoms with Crippen LogP contribution in [0.3, 0.4) is 0 Å². The third-order valence-electron chi connectivity index (χ3n) is 3.11. The maximum absolute atomic E-state index is 6.75. The molecule has 0 aromatic rings. The van der Waals surface area contributed by atoms with Gasteiger partial charge in [0.25, 0.3) is 0 Å². The summed E-state index contributed by atoms with van der Waals surface area (Å²) in [4.78, 5) is 0. The van der Waals surface area contributed by atoms with E-state index in [0.29, 0.717) is 12.0 Å². The Morgan fingerprint density at radius 1 is 1.00 bits per heavy atom. The summed E-state index contributed by atoms with van der Waals surface area (Å²) in [7, 11) is 5.55. The van der Waals surface area contributed by atoms with Gasteiger partial charge in [-0.25, -0.2) is 14.2 Å². The van der Waals surface area contributed by atoms with Crippen LogP contribution in [0.1, 0.15) is 27.2 Å². The van der Waals surface area contributed by atoms with Crippen LogP contribution in [-0.4, -0.2) is 49.1 Å². The fourth-order valence-electron chi connectivity index (χ4n) is 1.43. The Morgan fingerprint density at radius 2 is 1.32 bits per heavy atom. The van der Waals surface area contributed by atoms with Gasteiger partial charge in [0.2, 0.25) is 0 Å². The van der Waals surface area contributed by atoms with Crippen molar-refractivity contribution in [3.05, 3.63) is 14.2 Å². The van der Waals surface area contributed by atoms with Crippen molar-refractivity contribution in [1.82, 2.24) is 0 Å². The van der Waals surface area contributed by atoms with Crippen molar-refractivity contribution in [3.63, 3.8) is 0 Å². The Labute approximate surface area is 145 Å². The van der Waals surface area contributed by atoms with Crippen LogP contribution in [0.15, 0.2) is 0 Å². The molecule has 0 aliphatic carbocycles. The molecule has 6 nitrogen and oxygen atoms in total. The third-order valence-corrected chi connectivity index (χ3v) is 3.11. The first-order valence-corrected chi connectivity index (χ1v) is 5.88. The van der Waals surface area contributed by atoms with Crippen LogP contribution in [0, 0.1) is 25.0 Å². The Kier molecular flexibility index (Phi) is 30.1. The molecule has 0 aromatic carbocycles. The van der Waals surface area contributed by atoms with E-state index in [2.05, 4.69) is 35.0 Å². The minimum absolute atomic E-state index is 0. The van der Waals surface area contributed by atoms with Gasteiger partial charge < -0.3 is 30.3 Å². The van der Waals surface area contributed by atoms with Gasteiger partial charge in [-0.2, -0.15) is 0 Å². The van der Waals surface area contributed by atoms with Gasteiger partial charge in [0, 0.05) is 17.4 Å². The third kappa shape index (κ3) is 12.5. The van der Waals surface area contributed by atoms with E-state index < -0.39 is 0 Å². The molecule has 2 aliphatic rings. The first-order chi connectivity index (χ1) is 8.04. The van der Waals surface area contributed by atoms with Gasteiger partial charge in [-0.3, -0.25) is 0 Å². The molecule has 2 saturated heterocycles. The molecule has 124 valence electrons. The monoisotopic (exact) mass is 838 g/mol. The van der Waals surface area contributed by atoms with E-state index in [0.717, 1.165) is 26.4 Å². The van der Waals surface area contributed by atoms with E-state index in [1.165, 1.54) is 6.42 Å². The molecule has 9 heteroatoms. The fourth-order valence-corrected chi connectivity index (χ4v) is 1.43. The molecule has 0 atom stereocenters. The second-order valence-corrected chi connectivity index (χ2v) is 5.31. The van der Waals surface area contributed by atoms with Crippen LogP contribution >= 0.6 is 0 Å². The van der Waals surface area contributed by atoms with E-state index >= 15 is 0 Å². The number of aliphatic hydroxyl groups is 1. The average molecular weight is 838 g/mol. The zero-order chi connectivity index (χ0) is 13.4. The smallest absolute Gasteiger partial charge is 0.870 e. The van der Waals surface area contributed by atoms with E-state index in [4.69, 9.17) is 19.3 Å². The largest absolute Gasteiger partial charge is 1.00 e. The van der Waals surface area contributed by atoms with E-state index in [-0.39, 0.29) is 45.9 Å². The van der Waals surface area contributed by atoms with E-state index in [1.54, 1.807) is 0 Å². The van der Waals surface area contributed by atoms with Gasteiger partial charge in [-0.05, 0) is 6.42 Å². The van der Waals surface area contributed by atoms with Crippen molar-refractivity contribution in [2.75, 3.05) is 33.0 Å². The summed E-state index contributed by atoms with van der Waals surface area (Å²) in [5.41, 5.74) is 0.807. The predicted octanol–water partition coefficient (Wildman–Crippen LogP) is -1.58. The molecule has 22 heavy (non-hydrogen) atoms. The second-order valence-electron chi connectivity index (χ2n) is 5.31. The summed E-state index contributed by atoms with van der Waals surface area (Å²) in [5.74, 6) is 0. The maximum Gasteiger partial charge on any atom is 1.00 e. The number of hydrogen-bond donors (Lipinski definition) is 1. The quantitative estimate of drug-likeness (QED) is 0.273. The molecular formula is C13H29NaO6Rf2-2. The summed E-state index contributed by atoms with van der Waals surface area (Å²) in [6, 6.07) is 0. The molecule has 0 radical (unpaired) electrons. The van der Waals surface area contributed by atoms with Crippen LogP contribution < -0.4 is 29.6 Å². The minimum Gasteiger partial charge on any atom is -0.870 e. The van der Waals surface area contributed by atoms with Crippen LogP contribution in [0.25, 0.3) is 0 Å². The Balaban J connectivity index is -0.0000000435. The molecule has 0 amide bonds. The molecule has 2 aliphatic heterocycles. The molecule has 0 spiro atoms. The van der Waals surface area contributed by atoms with E-state index in [1.807, 2.05) is 0 Å². The molecule has 2 heterocycles. The van der Waals surface area contributed by atoms with E-state index in [9.17, 15) is 0 Å². The van der Waals surface area contributed by atoms with Gasteiger partial charge in [0.1, 0.15) is 0 Å². The van der Waals surface area contributed by atoms with Gasteiger partial charge >= 0.3 is 29.6 Å². The van der Waals surface area contributed by atoms with Gasteiger partial charge in [-0.1, -0.05) is 20.8 Å². The maximum atomic E-state index is 6.75.